The molecule has 0 saturated heterocycles. The van der Waals surface area contributed by atoms with E-state index in [1.54, 1.807) is 6.07 Å². The van der Waals surface area contributed by atoms with E-state index in [-0.39, 0.29) is 11.9 Å². The first-order valence-corrected chi connectivity index (χ1v) is 9.21. The number of anilines is 3. The molecule has 1 heterocycles. The Bertz CT molecular complexity index is 950. The number of hydrogen-bond donors (Lipinski definition) is 2. The predicted octanol–water partition coefficient (Wildman–Crippen LogP) is 5.66. The Balaban J connectivity index is 1.71. The van der Waals surface area contributed by atoms with Crippen molar-refractivity contribution in [3.63, 3.8) is 0 Å². The Labute approximate surface area is 160 Å². The van der Waals surface area contributed by atoms with Crippen LogP contribution in [0.5, 0.6) is 0 Å². The van der Waals surface area contributed by atoms with E-state index < -0.39 is 23.1 Å². The van der Waals surface area contributed by atoms with E-state index in [9.17, 15) is 13.2 Å². The summed E-state index contributed by atoms with van der Waals surface area (Å²) >= 11 is 0. The van der Waals surface area contributed by atoms with E-state index in [1.165, 1.54) is 0 Å². The van der Waals surface area contributed by atoms with Gasteiger partial charge in [0.2, 0.25) is 5.95 Å². The quantitative estimate of drug-likeness (QED) is 0.596. The summed E-state index contributed by atoms with van der Waals surface area (Å²) in [6.45, 7) is 0. The molecule has 0 spiro atoms. The second-order valence-corrected chi connectivity index (χ2v) is 6.82. The van der Waals surface area contributed by atoms with Gasteiger partial charge in [0.25, 0.3) is 0 Å². The van der Waals surface area contributed by atoms with Gasteiger partial charge in [-0.3, -0.25) is 0 Å². The largest absolute Gasteiger partial charge is 0.351 e. The van der Waals surface area contributed by atoms with Crippen LogP contribution < -0.4 is 10.6 Å². The molecule has 1 aliphatic rings. The monoisotopic (exact) mass is 384 g/mol. The van der Waals surface area contributed by atoms with Crippen molar-refractivity contribution in [2.24, 2.45) is 0 Å². The van der Waals surface area contributed by atoms with Crippen LogP contribution >= 0.6 is 0 Å². The van der Waals surface area contributed by atoms with Gasteiger partial charge in [-0.1, -0.05) is 43.2 Å². The summed E-state index contributed by atoms with van der Waals surface area (Å²) in [5.41, 5.74) is 1.01. The Morgan fingerprint density at radius 3 is 2.21 bits per heavy atom. The Morgan fingerprint density at radius 1 is 0.857 bits per heavy atom. The second-order valence-electron chi connectivity index (χ2n) is 6.82. The van der Waals surface area contributed by atoms with Gasteiger partial charge in [0, 0.05) is 29.8 Å². The molecule has 1 fully saturated rings. The average molecular weight is 384 g/mol. The minimum Gasteiger partial charge on any atom is -0.351 e. The third-order valence-corrected chi connectivity index (χ3v) is 4.74. The SMILES string of the molecule is Fc1cc(F)c(Nc2cc(-c3ccccc3)nc(NC3CCCC3)n2)c(F)c1. The van der Waals surface area contributed by atoms with Crippen LogP contribution in [0.3, 0.4) is 0 Å². The summed E-state index contributed by atoms with van der Waals surface area (Å²) in [6.07, 6.45) is 4.35. The number of hydrogen-bond acceptors (Lipinski definition) is 4. The zero-order valence-electron chi connectivity index (χ0n) is 15.1. The van der Waals surface area contributed by atoms with Crippen molar-refractivity contribution in [2.45, 2.75) is 31.7 Å². The lowest BCUT2D eigenvalue weighted by molar-refractivity contribution is 0.548. The molecule has 1 saturated carbocycles. The maximum Gasteiger partial charge on any atom is 0.225 e. The molecule has 28 heavy (non-hydrogen) atoms. The van der Waals surface area contributed by atoms with Crippen LogP contribution in [-0.4, -0.2) is 16.0 Å². The minimum absolute atomic E-state index is 0.221. The number of aromatic nitrogens is 2. The number of rotatable bonds is 5. The van der Waals surface area contributed by atoms with Gasteiger partial charge in [-0.05, 0) is 12.8 Å². The van der Waals surface area contributed by atoms with Crippen molar-refractivity contribution < 1.29 is 13.2 Å². The summed E-state index contributed by atoms with van der Waals surface area (Å²) < 4.78 is 41.3. The van der Waals surface area contributed by atoms with Gasteiger partial charge >= 0.3 is 0 Å². The molecule has 0 radical (unpaired) electrons. The number of nitrogens with zero attached hydrogens (tertiary/aromatic N) is 2. The van der Waals surface area contributed by atoms with Crippen LogP contribution in [0.4, 0.5) is 30.6 Å². The molecule has 4 nitrogen and oxygen atoms in total. The van der Waals surface area contributed by atoms with Crippen molar-refractivity contribution in [1.29, 1.82) is 0 Å². The zero-order chi connectivity index (χ0) is 19.5. The second kappa shape index (κ2) is 7.88. The number of halogens is 3. The highest BCUT2D eigenvalue weighted by molar-refractivity contribution is 5.67. The lowest BCUT2D eigenvalue weighted by Gasteiger charge is -2.15. The van der Waals surface area contributed by atoms with Crippen molar-refractivity contribution in [2.75, 3.05) is 10.6 Å². The van der Waals surface area contributed by atoms with Gasteiger partial charge < -0.3 is 10.6 Å². The predicted molar refractivity (Wildman–Crippen MR) is 103 cm³/mol. The summed E-state index contributed by atoms with van der Waals surface area (Å²) in [5, 5.41) is 5.94. The maximum atomic E-state index is 14.0. The van der Waals surface area contributed by atoms with Crippen LogP contribution in [-0.2, 0) is 0 Å². The lowest BCUT2D eigenvalue weighted by atomic mass is 10.1. The van der Waals surface area contributed by atoms with Crippen molar-refractivity contribution in [3.05, 3.63) is 66.0 Å². The molecule has 1 aliphatic carbocycles. The van der Waals surface area contributed by atoms with Crippen LogP contribution in [0.25, 0.3) is 11.3 Å². The van der Waals surface area contributed by atoms with Gasteiger partial charge in [0.15, 0.2) is 11.6 Å². The van der Waals surface area contributed by atoms with Crippen LogP contribution in [0.15, 0.2) is 48.5 Å². The zero-order valence-corrected chi connectivity index (χ0v) is 15.1. The van der Waals surface area contributed by atoms with E-state index in [0.717, 1.165) is 31.2 Å². The third-order valence-electron chi connectivity index (χ3n) is 4.74. The van der Waals surface area contributed by atoms with E-state index in [0.29, 0.717) is 23.8 Å². The molecular weight excluding hydrogens is 365 g/mol. The number of nitrogens with one attached hydrogen (secondary N) is 2. The van der Waals surface area contributed by atoms with Crippen molar-refractivity contribution >= 4 is 17.5 Å². The smallest absolute Gasteiger partial charge is 0.225 e. The van der Waals surface area contributed by atoms with Gasteiger partial charge in [0.05, 0.1) is 5.69 Å². The molecule has 0 amide bonds. The van der Waals surface area contributed by atoms with Crippen LogP contribution in [0, 0.1) is 17.5 Å². The molecule has 0 atom stereocenters. The Morgan fingerprint density at radius 2 is 1.54 bits per heavy atom. The molecule has 144 valence electrons. The first kappa shape index (κ1) is 18.3. The van der Waals surface area contributed by atoms with Crippen molar-refractivity contribution in [3.8, 4) is 11.3 Å². The topological polar surface area (TPSA) is 49.8 Å². The van der Waals surface area contributed by atoms with Gasteiger partial charge in [0.1, 0.15) is 17.3 Å². The van der Waals surface area contributed by atoms with Crippen LogP contribution in [0.1, 0.15) is 25.7 Å². The fourth-order valence-corrected chi connectivity index (χ4v) is 3.38. The highest BCUT2D eigenvalue weighted by Crippen LogP contribution is 2.28. The van der Waals surface area contributed by atoms with Gasteiger partial charge in [-0.15, -0.1) is 0 Å². The van der Waals surface area contributed by atoms with E-state index >= 15 is 0 Å². The molecule has 4 rings (SSSR count). The Hall–Kier alpha value is -3.09. The molecule has 0 bridgehead atoms. The Kier molecular flexibility index (Phi) is 5.14. The van der Waals surface area contributed by atoms with Crippen LogP contribution in [0.2, 0.25) is 0 Å². The molecule has 3 aromatic rings. The average Bonchev–Trinajstić information content (AvgIpc) is 3.18. The fourth-order valence-electron chi connectivity index (χ4n) is 3.38. The van der Waals surface area contributed by atoms with Crippen molar-refractivity contribution in [1.82, 2.24) is 9.97 Å². The van der Waals surface area contributed by atoms with E-state index in [1.807, 2.05) is 30.3 Å². The normalized spacial score (nSPS) is 14.2. The van der Waals surface area contributed by atoms with E-state index in [4.69, 9.17) is 0 Å². The summed E-state index contributed by atoms with van der Waals surface area (Å²) in [6, 6.07) is 12.6. The maximum absolute atomic E-state index is 14.0. The first-order valence-electron chi connectivity index (χ1n) is 9.21. The standard InChI is InChI=1S/C21H19F3N4/c22-14-10-16(23)20(17(24)11-14)27-19-12-18(13-6-2-1-3-7-13)26-21(28-19)25-15-8-4-5-9-15/h1-3,6-7,10-12,15H,4-5,8-9H2,(H2,25,26,27,28). The highest BCUT2D eigenvalue weighted by Gasteiger charge is 2.18. The molecular formula is C21H19F3N4. The summed E-state index contributed by atoms with van der Waals surface area (Å²) in [5.74, 6) is -2.42. The molecule has 0 aliphatic heterocycles. The molecule has 2 aromatic carbocycles. The highest BCUT2D eigenvalue weighted by atomic mass is 19.1. The molecule has 1 aromatic heterocycles. The van der Waals surface area contributed by atoms with E-state index in [2.05, 4.69) is 20.6 Å². The van der Waals surface area contributed by atoms with Gasteiger partial charge in [-0.2, -0.15) is 4.98 Å². The summed E-state index contributed by atoms with van der Waals surface area (Å²) in [4.78, 5) is 8.92. The fraction of sp³-hybridized carbons (Fsp3) is 0.238. The third kappa shape index (κ3) is 4.08. The first-order chi connectivity index (χ1) is 13.6. The lowest BCUT2D eigenvalue weighted by Crippen LogP contribution is -2.17. The molecule has 7 heteroatoms. The minimum atomic E-state index is -1.03. The number of benzene rings is 2. The molecule has 2 N–H and O–H groups in total. The summed E-state index contributed by atoms with van der Waals surface area (Å²) in [7, 11) is 0. The van der Waals surface area contributed by atoms with Gasteiger partial charge in [-0.25, -0.2) is 18.2 Å². The molecule has 0 unspecified atom stereocenters.